The number of nitrogens with one attached hydrogen (secondary N) is 3. The van der Waals surface area contributed by atoms with Gasteiger partial charge in [0.1, 0.15) is 12.1 Å². The lowest BCUT2D eigenvalue weighted by Gasteiger charge is -2.37. The fourth-order valence-electron chi connectivity index (χ4n) is 5.45. The van der Waals surface area contributed by atoms with Crippen molar-refractivity contribution in [2.45, 2.75) is 63.6 Å². The maximum absolute atomic E-state index is 14.7. The van der Waals surface area contributed by atoms with Gasteiger partial charge in [-0.25, -0.2) is 17.5 Å². The number of carbonyl (C=O) groups excluding carboxylic acids is 4. The molecule has 2 aliphatic heterocycles. The number of carbonyl (C=O) groups is 4. The number of fused-ring (bicyclic) bond motifs is 1. The van der Waals surface area contributed by atoms with Gasteiger partial charge in [-0.2, -0.15) is 0 Å². The number of rotatable bonds is 11. The highest BCUT2D eigenvalue weighted by Crippen LogP contribution is 2.30. The molecule has 3 N–H and O–H groups in total. The lowest BCUT2D eigenvalue weighted by atomic mass is 9.92. The fourth-order valence-corrected chi connectivity index (χ4v) is 6.25. The van der Waals surface area contributed by atoms with Gasteiger partial charge < -0.3 is 20.4 Å². The van der Waals surface area contributed by atoms with E-state index in [0.29, 0.717) is 13.1 Å². The highest BCUT2D eigenvalue weighted by atomic mass is 35.5. The van der Waals surface area contributed by atoms with Crippen LogP contribution in [0.4, 0.5) is 10.1 Å². The van der Waals surface area contributed by atoms with Crippen LogP contribution in [0.15, 0.2) is 36.4 Å². The number of anilines is 1. The van der Waals surface area contributed by atoms with Crippen LogP contribution in [0.3, 0.4) is 0 Å². The molecule has 45 heavy (non-hydrogen) atoms. The molecular weight excluding hydrogens is 648 g/mol. The van der Waals surface area contributed by atoms with Gasteiger partial charge in [0.15, 0.2) is 5.82 Å². The fraction of sp³-hybridized carbons (Fsp3) is 0.467. The standard InChI is InChI=1S/C30H36Cl2FN5O6S/c1-45(43,44)34-14-13-23(29(41)35-22-10-9-21(31)27(32)28(22)33)36-30(42)24-17-19-7-3-4-8-20(19)18-38(24)26(40)12-11-25(39)37-15-5-2-6-16-37/h3-4,7-10,23-24,34H,2,5-6,11-18H2,1H3,(H,35,41)(H,36,42)/t23-,24-/m0/s1. The van der Waals surface area contributed by atoms with Gasteiger partial charge in [-0.15, -0.1) is 0 Å². The number of benzene rings is 2. The van der Waals surface area contributed by atoms with E-state index < -0.39 is 44.8 Å². The second kappa shape index (κ2) is 15.4. The van der Waals surface area contributed by atoms with Gasteiger partial charge in [-0.1, -0.05) is 47.5 Å². The van der Waals surface area contributed by atoms with Crippen LogP contribution in [0, 0.1) is 5.82 Å². The van der Waals surface area contributed by atoms with Gasteiger partial charge in [-0.3, -0.25) is 19.2 Å². The Morgan fingerprint density at radius 3 is 2.33 bits per heavy atom. The Labute approximate surface area is 271 Å². The van der Waals surface area contributed by atoms with Crippen LogP contribution in [0.2, 0.25) is 10.0 Å². The number of hydrogen-bond donors (Lipinski definition) is 3. The minimum Gasteiger partial charge on any atom is -0.343 e. The first kappa shape index (κ1) is 34.6. The second-order valence-electron chi connectivity index (χ2n) is 11.2. The molecular formula is C30H36Cl2FN5O6S. The third-order valence-electron chi connectivity index (χ3n) is 7.86. The van der Waals surface area contributed by atoms with Crippen molar-refractivity contribution in [1.29, 1.82) is 0 Å². The van der Waals surface area contributed by atoms with Gasteiger partial charge in [-0.05, 0) is 48.9 Å². The first-order valence-corrected chi connectivity index (χ1v) is 17.3. The molecule has 0 saturated carbocycles. The minimum atomic E-state index is -3.62. The summed E-state index contributed by atoms with van der Waals surface area (Å²) in [6.45, 7) is 1.25. The minimum absolute atomic E-state index is 0.0166. The Balaban J connectivity index is 1.52. The first-order valence-electron chi connectivity index (χ1n) is 14.7. The zero-order valence-corrected chi connectivity index (χ0v) is 27.1. The van der Waals surface area contributed by atoms with Crippen LogP contribution < -0.4 is 15.4 Å². The third kappa shape index (κ3) is 9.38. The predicted molar refractivity (Wildman–Crippen MR) is 169 cm³/mol. The molecule has 1 fully saturated rings. The largest absolute Gasteiger partial charge is 0.343 e. The lowest BCUT2D eigenvalue weighted by Crippen LogP contribution is -2.56. The molecule has 2 aromatic carbocycles. The summed E-state index contributed by atoms with van der Waals surface area (Å²) in [5, 5.41) is 4.55. The number of amides is 4. The zero-order chi connectivity index (χ0) is 32.7. The van der Waals surface area contributed by atoms with Crippen LogP contribution in [0.5, 0.6) is 0 Å². The molecule has 0 aromatic heterocycles. The highest BCUT2D eigenvalue weighted by molar-refractivity contribution is 7.88. The monoisotopic (exact) mass is 683 g/mol. The number of sulfonamides is 1. The number of hydrogen-bond acceptors (Lipinski definition) is 6. The van der Waals surface area contributed by atoms with Crippen LogP contribution in [-0.2, 0) is 42.2 Å². The number of piperidine rings is 1. The first-order chi connectivity index (χ1) is 21.3. The smallest absolute Gasteiger partial charge is 0.247 e. The van der Waals surface area contributed by atoms with E-state index >= 15 is 0 Å². The molecule has 4 amide bonds. The summed E-state index contributed by atoms with van der Waals surface area (Å²) in [6, 6.07) is 7.53. The molecule has 0 bridgehead atoms. The van der Waals surface area contributed by atoms with Crippen molar-refractivity contribution in [1.82, 2.24) is 19.8 Å². The topological polar surface area (TPSA) is 145 Å². The summed E-state index contributed by atoms with van der Waals surface area (Å²) in [5.74, 6) is -2.96. The number of halogens is 3. The molecule has 244 valence electrons. The summed E-state index contributed by atoms with van der Waals surface area (Å²) in [5.41, 5.74) is 1.43. The van der Waals surface area contributed by atoms with E-state index in [0.717, 1.165) is 36.6 Å². The maximum atomic E-state index is 14.7. The molecule has 0 unspecified atom stereocenters. The molecule has 2 heterocycles. The summed E-state index contributed by atoms with van der Waals surface area (Å²) in [6.07, 6.45) is 3.78. The average molecular weight is 685 g/mol. The Morgan fingerprint density at radius 2 is 1.64 bits per heavy atom. The Bertz CT molecular complexity index is 1550. The van der Waals surface area contributed by atoms with E-state index in [2.05, 4.69) is 15.4 Å². The van der Waals surface area contributed by atoms with Crippen molar-refractivity contribution in [3.05, 3.63) is 63.4 Å². The van der Waals surface area contributed by atoms with Gasteiger partial charge in [0.25, 0.3) is 0 Å². The van der Waals surface area contributed by atoms with E-state index in [4.69, 9.17) is 23.2 Å². The van der Waals surface area contributed by atoms with Gasteiger partial charge in [0, 0.05) is 45.4 Å². The van der Waals surface area contributed by atoms with E-state index in [1.165, 1.54) is 17.0 Å². The number of nitrogens with zero attached hydrogens (tertiary/aromatic N) is 2. The van der Waals surface area contributed by atoms with Gasteiger partial charge in [0.05, 0.1) is 22.0 Å². The van der Waals surface area contributed by atoms with E-state index in [9.17, 15) is 32.0 Å². The van der Waals surface area contributed by atoms with Crippen molar-refractivity contribution in [2.75, 3.05) is 31.2 Å². The average Bonchev–Trinajstić information content (AvgIpc) is 3.02. The highest BCUT2D eigenvalue weighted by Gasteiger charge is 2.36. The van der Waals surface area contributed by atoms with Crippen LogP contribution in [-0.4, -0.2) is 79.8 Å². The molecule has 0 spiro atoms. The maximum Gasteiger partial charge on any atom is 0.247 e. The Kier molecular flexibility index (Phi) is 11.8. The summed E-state index contributed by atoms with van der Waals surface area (Å²) < 4.78 is 40.3. The summed E-state index contributed by atoms with van der Waals surface area (Å²) in [7, 11) is -3.62. The molecule has 4 rings (SSSR count). The van der Waals surface area contributed by atoms with Crippen molar-refractivity contribution < 1.29 is 32.0 Å². The Hall–Kier alpha value is -3.26. The van der Waals surface area contributed by atoms with Crippen molar-refractivity contribution in [3.63, 3.8) is 0 Å². The zero-order valence-electron chi connectivity index (χ0n) is 24.8. The van der Waals surface area contributed by atoms with E-state index in [1.807, 2.05) is 24.3 Å². The van der Waals surface area contributed by atoms with Crippen molar-refractivity contribution in [2.24, 2.45) is 0 Å². The van der Waals surface area contributed by atoms with E-state index in [1.54, 1.807) is 4.90 Å². The van der Waals surface area contributed by atoms with E-state index in [-0.39, 0.29) is 61.3 Å². The molecule has 15 heteroatoms. The molecule has 0 radical (unpaired) electrons. The molecule has 1 saturated heterocycles. The van der Waals surface area contributed by atoms with Crippen molar-refractivity contribution in [3.8, 4) is 0 Å². The molecule has 2 aliphatic rings. The number of likely N-dealkylation sites (tertiary alicyclic amines) is 1. The molecule has 2 aromatic rings. The van der Waals surface area contributed by atoms with Crippen molar-refractivity contribution >= 4 is 62.5 Å². The third-order valence-corrected chi connectivity index (χ3v) is 9.37. The van der Waals surface area contributed by atoms with Gasteiger partial charge in [0.2, 0.25) is 33.7 Å². The van der Waals surface area contributed by atoms with Crippen LogP contribution in [0.25, 0.3) is 0 Å². The molecule has 0 aliphatic carbocycles. The molecule has 11 nitrogen and oxygen atoms in total. The SMILES string of the molecule is CS(=O)(=O)NCC[C@H](NC(=O)[C@@H]1Cc2ccccc2CN1C(=O)CCC(=O)N1CCCCC1)C(=O)Nc1ccc(Cl)c(Cl)c1F. The van der Waals surface area contributed by atoms with Crippen LogP contribution in [0.1, 0.15) is 49.7 Å². The molecule has 2 atom stereocenters. The van der Waals surface area contributed by atoms with Crippen LogP contribution >= 0.6 is 23.2 Å². The summed E-state index contributed by atoms with van der Waals surface area (Å²) >= 11 is 11.7. The quantitative estimate of drug-likeness (QED) is 0.310. The lowest BCUT2D eigenvalue weighted by molar-refractivity contribution is -0.144. The normalized spacial score (nSPS) is 17.3. The second-order valence-corrected chi connectivity index (χ2v) is 13.8. The van der Waals surface area contributed by atoms with Gasteiger partial charge >= 0.3 is 0 Å². The summed E-state index contributed by atoms with van der Waals surface area (Å²) in [4.78, 5) is 56.5. The predicted octanol–water partition coefficient (Wildman–Crippen LogP) is 3.24. The Morgan fingerprint density at radius 1 is 0.978 bits per heavy atom.